The number of hydrogen-bond donors (Lipinski definition) is 1. The van der Waals surface area contributed by atoms with E-state index in [-0.39, 0.29) is 0 Å². The molecule has 0 aromatic heterocycles. The first kappa shape index (κ1) is 17.5. The number of guanidine groups is 1. The minimum atomic E-state index is 0.846. The second-order valence-corrected chi connectivity index (χ2v) is 5.92. The zero-order chi connectivity index (χ0) is 16.5. The molecule has 0 amide bonds. The number of nitrogens with one attached hydrogen (secondary N) is 1. The maximum atomic E-state index is 4.78. The van der Waals surface area contributed by atoms with Crippen molar-refractivity contribution in [1.29, 1.82) is 0 Å². The zero-order valence-electron chi connectivity index (χ0n) is 14.8. The Labute approximate surface area is 140 Å². The Bertz CT molecular complexity index is 521. The Hall–Kier alpha value is -1.81. The highest BCUT2D eigenvalue weighted by Crippen LogP contribution is 2.21. The van der Waals surface area contributed by atoms with E-state index in [9.17, 15) is 0 Å². The highest BCUT2D eigenvalue weighted by atomic mass is 15.3. The molecule has 0 saturated carbocycles. The van der Waals surface area contributed by atoms with E-state index < -0.39 is 0 Å². The van der Waals surface area contributed by atoms with Crippen LogP contribution in [0.5, 0.6) is 0 Å². The van der Waals surface area contributed by atoms with E-state index in [4.69, 9.17) is 4.99 Å². The Balaban J connectivity index is 1.96. The summed E-state index contributed by atoms with van der Waals surface area (Å²) in [5, 5.41) is 3.43. The average molecular weight is 314 g/mol. The Morgan fingerprint density at radius 2 is 2.04 bits per heavy atom. The molecule has 0 saturated heterocycles. The smallest absolute Gasteiger partial charge is 0.194 e. The van der Waals surface area contributed by atoms with Crippen LogP contribution in [0, 0.1) is 0 Å². The molecule has 2 rings (SSSR count). The summed E-state index contributed by atoms with van der Waals surface area (Å²) in [6.45, 7) is 10.1. The van der Waals surface area contributed by atoms with Gasteiger partial charge in [-0.15, -0.1) is 0 Å². The van der Waals surface area contributed by atoms with Crippen LogP contribution in [0.3, 0.4) is 0 Å². The van der Waals surface area contributed by atoms with Crippen molar-refractivity contribution in [3.8, 4) is 0 Å². The maximum Gasteiger partial charge on any atom is 0.194 e. The molecular formula is C19H30N4. The van der Waals surface area contributed by atoms with Gasteiger partial charge in [0.2, 0.25) is 0 Å². The number of rotatable bonds is 6. The second-order valence-electron chi connectivity index (χ2n) is 5.92. The molecule has 1 aliphatic rings. The number of benzene rings is 1. The molecule has 1 aromatic rings. The Kier molecular flexibility index (Phi) is 7.14. The fourth-order valence-electron chi connectivity index (χ4n) is 2.69. The van der Waals surface area contributed by atoms with Crippen LogP contribution in [0.15, 0.2) is 41.4 Å². The molecule has 0 fully saturated rings. The van der Waals surface area contributed by atoms with Crippen molar-refractivity contribution in [2.75, 3.05) is 46.3 Å². The largest absolute Gasteiger partial charge is 0.357 e. The monoisotopic (exact) mass is 314 g/mol. The van der Waals surface area contributed by atoms with Crippen LogP contribution in [0.1, 0.15) is 25.8 Å². The van der Waals surface area contributed by atoms with Gasteiger partial charge in [-0.1, -0.05) is 43.3 Å². The van der Waals surface area contributed by atoms with Gasteiger partial charge < -0.3 is 15.1 Å². The third kappa shape index (κ3) is 5.39. The van der Waals surface area contributed by atoms with E-state index in [1.165, 1.54) is 11.1 Å². The van der Waals surface area contributed by atoms with E-state index in [0.29, 0.717) is 0 Å². The fourth-order valence-corrected chi connectivity index (χ4v) is 2.69. The van der Waals surface area contributed by atoms with Crippen molar-refractivity contribution in [3.05, 3.63) is 42.0 Å². The molecule has 0 unspecified atom stereocenters. The SMILES string of the molecule is CCNC(=NCCN(C)CC)N1CC=C(c2ccccc2)CC1. The van der Waals surface area contributed by atoms with Gasteiger partial charge in [0.05, 0.1) is 6.54 Å². The molecule has 1 N–H and O–H groups in total. The van der Waals surface area contributed by atoms with Gasteiger partial charge in [-0.05, 0) is 38.1 Å². The van der Waals surface area contributed by atoms with E-state index in [1.54, 1.807) is 0 Å². The number of likely N-dealkylation sites (N-methyl/N-ethyl adjacent to an activating group) is 1. The molecule has 4 heteroatoms. The van der Waals surface area contributed by atoms with Crippen LogP contribution >= 0.6 is 0 Å². The molecule has 126 valence electrons. The molecule has 0 spiro atoms. The highest BCUT2D eigenvalue weighted by molar-refractivity contribution is 5.81. The first-order valence-corrected chi connectivity index (χ1v) is 8.70. The molecular weight excluding hydrogens is 284 g/mol. The predicted molar refractivity (Wildman–Crippen MR) is 99.8 cm³/mol. The number of hydrogen-bond acceptors (Lipinski definition) is 2. The van der Waals surface area contributed by atoms with Gasteiger partial charge in [0.15, 0.2) is 5.96 Å². The summed E-state index contributed by atoms with van der Waals surface area (Å²) in [4.78, 5) is 9.42. The molecule has 0 aliphatic carbocycles. The third-order valence-electron chi connectivity index (χ3n) is 4.27. The Morgan fingerprint density at radius 1 is 1.26 bits per heavy atom. The first-order chi connectivity index (χ1) is 11.2. The van der Waals surface area contributed by atoms with Gasteiger partial charge in [-0.3, -0.25) is 4.99 Å². The van der Waals surface area contributed by atoms with Crippen molar-refractivity contribution < 1.29 is 0 Å². The number of nitrogens with zero attached hydrogens (tertiary/aromatic N) is 3. The van der Waals surface area contributed by atoms with Crippen LogP contribution in [-0.2, 0) is 0 Å². The molecule has 23 heavy (non-hydrogen) atoms. The highest BCUT2D eigenvalue weighted by Gasteiger charge is 2.15. The quantitative estimate of drug-likeness (QED) is 0.647. The zero-order valence-corrected chi connectivity index (χ0v) is 14.8. The van der Waals surface area contributed by atoms with Crippen LogP contribution in [0.25, 0.3) is 5.57 Å². The van der Waals surface area contributed by atoms with Gasteiger partial charge in [-0.2, -0.15) is 0 Å². The summed E-state index contributed by atoms with van der Waals surface area (Å²) in [6, 6.07) is 10.7. The van der Waals surface area contributed by atoms with Crippen LogP contribution < -0.4 is 5.32 Å². The second kappa shape index (κ2) is 9.36. The summed E-state index contributed by atoms with van der Waals surface area (Å²) in [5.74, 6) is 1.04. The molecule has 4 nitrogen and oxygen atoms in total. The van der Waals surface area contributed by atoms with Crippen molar-refractivity contribution in [2.45, 2.75) is 20.3 Å². The number of aliphatic imine (C=N–C) groups is 1. The van der Waals surface area contributed by atoms with Crippen molar-refractivity contribution in [3.63, 3.8) is 0 Å². The molecule has 1 aromatic carbocycles. The minimum Gasteiger partial charge on any atom is -0.357 e. The Morgan fingerprint density at radius 3 is 2.65 bits per heavy atom. The van der Waals surface area contributed by atoms with Crippen molar-refractivity contribution in [2.24, 2.45) is 4.99 Å². The minimum absolute atomic E-state index is 0.846. The molecule has 1 heterocycles. The van der Waals surface area contributed by atoms with Crippen LogP contribution in [0.4, 0.5) is 0 Å². The standard InChI is InChI=1S/C19H30N4/c1-4-20-19(21-13-16-22(3)5-2)23-14-11-18(12-15-23)17-9-7-6-8-10-17/h6-11H,4-5,12-16H2,1-3H3,(H,20,21). The average Bonchev–Trinajstić information content (AvgIpc) is 2.61. The summed E-state index contributed by atoms with van der Waals surface area (Å²) in [6.07, 6.45) is 3.41. The van der Waals surface area contributed by atoms with Gasteiger partial charge in [0.25, 0.3) is 0 Å². The normalized spacial score (nSPS) is 15.7. The lowest BCUT2D eigenvalue weighted by Gasteiger charge is -2.30. The van der Waals surface area contributed by atoms with E-state index >= 15 is 0 Å². The molecule has 0 atom stereocenters. The molecule has 0 radical (unpaired) electrons. The van der Waals surface area contributed by atoms with Crippen molar-refractivity contribution >= 4 is 11.5 Å². The van der Waals surface area contributed by atoms with Crippen molar-refractivity contribution in [1.82, 2.24) is 15.1 Å². The van der Waals surface area contributed by atoms with Gasteiger partial charge in [-0.25, -0.2) is 0 Å². The summed E-state index contributed by atoms with van der Waals surface area (Å²) in [5.41, 5.74) is 2.79. The maximum absolute atomic E-state index is 4.78. The topological polar surface area (TPSA) is 30.9 Å². The fraction of sp³-hybridized carbons (Fsp3) is 0.526. The van der Waals surface area contributed by atoms with Gasteiger partial charge in [0, 0.05) is 26.2 Å². The van der Waals surface area contributed by atoms with Gasteiger partial charge in [0.1, 0.15) is 0 Å². The van der Waals surface area contributed by atoms with Crippen LogP contribution in [-0.4, -0.2) is 62.1 Å². The molecule has 0 bridgehead atoms. The van der Waals surface area contributed by atoms with E-state index in [2.05, 4.69) is 72.4 Å². The predicted octanol–water partition coefficient (Wildman–Crippen LogP) is 2.69. The summed E-state index contributed by atoms with van der Waals surface area (Å²) in [7, 11) is 2.14. The third-order valence-corrected chi connectivity index (χ3v) is 4.27. The van der Waals surface area contributed by atoms with E-state index in [1.807, 2.05) is 0 Å². The van der Waals surface area contributed by atoms with Crippen LogP contribution in [0.2, 0.25) is 0 Å². The lowest BCUT2D eigenvalue weighted by atomic mass is 10.00. The van der Waals surface area contributed by atoms with Gasteiger partial charge >= 0.3 is 0 Å². The lowest BCUT2D eigenvalue weighted by molar-refractivity contribution is 0.361. The summed E-state index contributed by atoms with van der Waals surface area (Å²) < 4.78 is 0. The molecule has 1 aliphatic heterocycles. The first-order valence-electron chi connectivity index (χ1n) is 8.70. The van der Waals surface area contributed by atoms with E-state index in [0.717, 1.165) is 51.6 Å². The lowest BCUT2D eigenvalue weighted by Crippen LogP contribution is -2.43. The summed E-state index contributed by atoms with van der Waals surface area (Å²) >= 11 is 0.